The van der Waals surface area contributed by atoms with Crippen molar-refractivity contribution in [3.63, 3.8) is 0 Å². The number of fused-ring (bicyclic) bond motifs is 1. The van der Waals surface area contributed by atoms with E-state index in [1.165, 1.54) is 0 Å². The molecule has 0 spiro atoms. The van der Waals surface area contributed by atoms with Gasteiger partial charge < -0.3 is 20.5 Å². The van der Waals surface area contributed by atoms with Crippen LogP contribution in [0.1, 0.15) is 5.69 Å². The monoisotopic (exact) mass is 316 g/mol. The fourth-order valence-electron chi connectivity index (χ4n) is 2.74. The number of aryl methyl sites for hydroxylation is 1. The van der Waals surface area contributed by atoms with Crippen molar-refractivity contribution in [2.75, 3.05) is 31.6 Å². The van der Waals surface area contributed by atoms with E-state index in [0.29, 0.717) is 19.1 Å². The average Bonchev–Trinajstić information content (AvgIpc) is 2.93. The third kappa shape index (κ3) is 4.46. The molecule has 0 amide bonds. The maximum atomic E-state index is 9.98. The smallest absolute Gasteiger partial charge is 0.124 e. The molecule has 2 aromatic rings. The van der Waals surface area contributed by atoms with Gasteiger partial charge >= 0.3 is 0 Å². The number of para-hydroxylation sites is 1. The van der Waals surface area contributed by atoms with Crippen molar-refractivity contribution >= 4 is 5.82 Å². The molecule has 0 fully saturated rings. The lowest BCUT2D eigenvalue weighted by Crippen LogP contribution is -2.39. The highest BCUT2D eigenvalue weighted by atomic mass is 16.5. The molecule has 1 aromatic heterocycles. The molecular formula is C17H24N4O2. The Hall–Kier alpha value is -2.05. The molecule has 0 aliphatic carbocycles. The Balaban J connectivity index is 1.35. The van der Waals surface area contributed by atoms with Crippen LogP contribution in [0.25, 0.3) is 0 Å². The summed E-state index contributed by atoms with van der Waals surface area (Å²) >= 11 is 0. The Kier molecular flexibility index (Phi) is 5.15. The number of ether oxygens (including phenoxy) is 1. The molecule has 23 heavy (non-hydrogen) atoms. The number of nitrogens with one attached hydrogen (secondary N) is 2. The topological polar surface area (TPSA) is 71.3 Å². The van der Waals surface area contributed by atoms with Gasteiger partial charge in [-0.05, 0) is 19.1 Å². The van der Waals surface area contributed by atoms with E-state index in [2.05, 4.69) is 21.8 Å². The van der Waals surface area contributed by atoms with Crippen LogP contribution in [0.5, 0.6) is 5.75 Å². The molecule has 2 heterocycles. The lowest BCUT2D eigenvalue weighted by Gasteiger charge is -2.25. The van der Waals surface area contributed by atoms with Crippen LogP contribution >= 0.6 is 0 Å². The van der Waals surface area contributed by atoms with Crippen LogP contribution in [0.15, 0.2) is 36.4 Å². The molecule has 0 bridgehead atoms. The predicted molar refractivity (Wildman–Crippen MR) is 89.8 cm³/mol. The van der Waals surface area contributed by atoms with E-state index < -0.39 is 6.10 Å². The SMILES string of the molecule is Cc1cc2n(n1)CC(CNCC(O)COc1ccccc1)CN2. The second-order valence-electron chi connectivity index (χ2n) is 6.04. The Morgan fingerprint density at radius 1 is 1.43 bits per heavy atom. The number of nitrogens with zero attached hydrogens (tertiary/aromatic N) is 2. The molecule has 0 saturated heterocycles. The lowest BCUT2D eigenvalue weighted by atomic mass is 10.1. The number of aliphatic hydroxyl groups is 1. The number of aliphatic hydroxyl groups excluding tert-OH is 1. The first kappa shape index (κ1) is 15.8. The Bertz CT molecular complexity index is 614. The number of aromatic nitrogens is 2. The van der Waals surface area contributed by atoms with Crippen LogP contribution in [-0.2, 0) is 6.54 Å². The van der Waals surface area contributed by atoms with Crippen LogP contribution < -0.4 is 15.4 Å². The third-order valence-electron chi connectivity index (χ3n) is 3.90. The molecule has 0 saturated carbocycles. The summed E-state index contributed by atoms with van der Waals surface area (Å²) < 4.78 is 7.56. The van der Waals surface area contributed by atoms with Crippen molar-refractivity contribution in [3.05, 3.63) is 42.1 Å². The van der Waals surface area contributed by atoms with Gasteiger partial charge in [-0.2, -0.15) is 5.10 Å². The minimum absolute atomic E-state index is 0.294. The van der Waals surface area contributed by atoms with Crippen molar-refractivity contribution in [1.29, 1.82) is 0 Å². The van der Waals surface area contributed by atoms with Crippen LogP contribution in [0, 0.1) is 12.8 Å². The van der Waals surface area contributed by atoms with Gasteiger partial charge in [0.15, 0.2) is 0 Å². The maximum absolute atomic E-state index is 9.98. The van der Waals surface area contributed by atoms with Crippen LogP contribution in [0.3, 0.4) is 0 Å². The Labute approximate surface area is 136 Å². The van der Waals surface area contributed by atoms with Gasteiger partial charge in [0.25, 0.3) is 0 Å². The summed E-state index contributed by atoms with van der Waals surface area (Å²) in [6, 6.07) is 11.6. The summed E-state index contributed by atoms with van der Waals surface area (Å²) in [7, 11) is 0. The number of hydrogen-bond acceptors (Lipinski definition) is 5. The van der Waals surface area contributed by atoms with Crippen molar-refractivity contribution in [2.45, 2.75) is 19.6 Å². The first-order valence-electron chi connectivity index (χ1n) is 8.05. The van der Waals surface area contributed by atoms with E-state index in [0.717, 1.165) is 36.9 Å². The van der Waals surface area contributed by atoms with Crippen LogP contribution in [0.4, 0.5) is 5.82 Å². The van der Waals surface area contributed by atoms with Crippen LogP contribution in [0.2, 0.25) is 0 Å². The summed E-state index contributed by atoms with van der Waals surface area (Å²) in [4.78, 5) is 0. The second-order valence-corrected chi connectivity index (χ2v) is 6.04. The van der Waals surface area contributed by atoms with Gasteiger partial charge in [-0.25, -0.2) is 4.68 Å². The van der Waals surface area contributed by atoms with Gasteiger partial charge in [0.05, 0.1) is 5.69 Å². The number of benzene rings is 1. The molecule has 1 aliphatic rings. The summed E-state index contributed by atoms with van der Waals surface area (Å²) in [6.45, 7) is 5.49. The van der Waals surface area contributed by atoms with Crippen LogP contribution in [-0.4, -0.2) is 47.2 Å². The van der Waals surface area contributed by atoms with E-state index in [1.807, 2.05) is 41.9 Å². The molecule has 3 rings (SSSR count). The number of rotatable bonds is 7. The van der Waals surface area contributed by atoms with Crippen molar-refractivity contribution in [1.82, 2.24) is 15.1 Å². The fraction of sp³-hybridized carbons (Fsp3) is 0.471. The largest absolute Gasteiger partial charge is 0.491 e. The number of hydrogen-bond donors (Lipinski definition) is 3. The molecule has 3 N–H and O–H groups in total. The maximum Gasteiger partial charge on any atom is 0.124 e. The summed E-state index contributed by atoms with van der Waals surface area (Å²) in [5.41, 5.74) is 1.04. The molecule has 124 valence electrons. The third-order valence-corrected chi connectivity index (χ3v) is 3.90. The standard InChI is InChI=1S/C17H24N4O2/c1-13-7-17-19-9-14(11-21(17)20-13)8-18-10-15(22)12-23-16-5-3-2-4-6-16/h2-7,14-15,18-19,22H,8-12H2,1H3. The van der Waals surface area contributed by atoms with Gasteiger partial charge in [0, 0.05) is 38.2 Å². The van der Waals surface area contributed by atoms with Crippen molar-refractivity contribution in [3.8, 4) is 5.75 Å². The molecule has 6 nitrogen and oxygen atoms in total. The predicted octanol–water partition coefficient (Wildman–Crippen LogP) is 1.26. The van der Waals surface area contributed by atoms with E-state index in [1.54, 1.807) is 0 Å². The fourth-order valence-corrected chi connectivity index (χ4v) is 2.74. The molecule has 2 unspecified atom stereocenters. The van der Waals surface area contributed by atoms with Gasteiger partial charge in [-0.1, -0.05) is 18.2 Å². The summed E-state index contributed by atoms with van der Waals surface area (Å²) in [5, 5.41) is 21.2. The minimum atomic E-state index is -0.519. The first-order valence-corrected chi connectivity index (χ1v) is 8.05. The molecule has 1 aliphatic heterocycles. The molecule has 6 heteroatoms. The molecular weight excluding hydrogens is 292 g/mol. The zero-order chi connectivity index (χ0) is 16.1. The Morgan fingerprint density at radius 3 is 3.09 bits per heavy atom. The first-order chi connectivity index (χ1) is 11.2. The van der Waals surface area contributed by atoms with Gasteiger partial charge in [0.1, 0.15) is 24.3 Å². The van der Waals surface area contributed by atoms with Gasteiger partial charge in [-0.3, -0.25) is 0 Å². The Morgan fingerprint density at radius 2 is 2.26 bits per heavy atom. The van der Waals surface area contributed by atoms with Crippen molar-refractivity contribution in [2.24, 2.45) is 5.92 Å². The van der Waals surface area contributed by atoms with E-state index >= 15 is 0 Å². The quantitative estimate of drug-likeness (QED) is 0.717. The summed E-state index contributed by atoms with van der Waals surface area (Å²) in [6.07, 6.45) is -0.519. The highest BCUT2D eigenvalue weighted by molar-refractivity contribution is 5.38. The van der Waals surface area contributed by atoms with E-state index in [9.17, 15) is 5.11 Å². The second kappa shape index (κ2) is 7.48. The number of anilines is 1. The zero-order valence-corrected chi connectivity index (χ0v) is 13.4. The van der Waals surface area contributed by atoms with E-state index in [4.69, 9.17) is 4.74 Å². The molecule has 0 radical (unpaired) electrons. The lowest BCUT2D eigenvalue weighted by molar-refractivity contribution is 0.105. The van der Waals surface area contributed by atoms with E-state index in [-0.39, 0.29) is 0 Å². The zero-order valence-electron chi connectivity index (χ0n) is 13.4. The summed E-state index contributed by atoms with van der Waals surface area (Å²) in [5.74, 6) is 2.34. The van der Waals surface area contributed by atoms with Gasteiger partial charge in [-0.15, -0.1) is 0 Å². The highest BCUT2D eigenvalue weighted by Gasteiger charge is 2.19. The molecule has 2 atom stereocenters. The highest BCUT2D eigenvalue weighted by Crippen LogP contribution is 2.17. The average molecular weight is 316 g/mol. The molecule has 1 aromatic carbocycles. The normalized spacial score (nSPS) is 18.1. The van der Waals surface area contributed by atoms with Gasteiger partial charge in [0.2, 0.25) is 0 Å². The van der Waals surface area contributed by atoms with Crippen molar-refractivity contribution < 1.29 is 9.84 Å². The minimum Gasteiger partial charge on any atom is -0.491 e.